The summed E-state index contributed by atoms with van der Waals surface area (Å²) in [6, 6.07) is 6.57. The Labute approximate surface area is 137 Å². The number of hydrogen-bond acceptors (Lipinski definition) is 4. The van der Waals surface area contributed by atoms with Crippen molar-refractivity contribution in [3.63, 3.8) is 0 Å². The summed E-state index contributed by atoms with van der Waals surface area (Å²) in [4.78, 5) is 23.5. The number of methoxy groups -OCH3 is 1. The largest absolute Gasteiger partial charge is 0.481 e. The molecule has 0 aliphatic heterocycles. The van der Waals surface area contributed by atoms with E-state index >= 15 is 0 Å². The van der Waals surface area contributed by atoms with Crippen molar-refractivity contribution in [3.8, 4) is 5.75 Å². The second-order valence-corrected chi connectivity index (χ2v) is 6.03. The lowest BCUT2D eigenvalue weighted by Crippen LogP contribution is -2.39. The molecule has 0 aromatic heterocycles. The van der Waals surface area contributed by atoms with Crippen molar-refractivity contribution in [3.05, 3.63) is 29.8 Å². The highest BCUT2D eigenvalue weighted by atomic mass is 16.5. The van der Waals surface area contributed by atoms with E-state index in [1.54, 1.807) is 31.2 Å². The molecular weight excluding hydrogens is 294 g/mol. The average Bonchev–Trinajstić information content (AvgIpc) is 2.60. The highest BCUT2D eigenvalue weighted by molar-refractivity contribution is 5.89. The monoisotopic (exact) mass is 319 g/mol. The summed E-state index contributed by atoms with van der Waals surface area (Å²) < 4.78 is 10.3. The third-order valence-corrected chi connectivity index (χ3v) is 4.25. The Morgan fingerprint density at radius 3 is 2.43 bits per heavy atom. The molecule has 1 N–H and O–H groups in total. The molecule has 0 radical (unpaired) electrons. The molecule has 1 amide bonds. The van der Waals surface area contributed by atoms with E-state index in [1.807, 2.05) is 0 Å². The highest BCUT2D eigenvalue weighted by Crippen LogP contribution is 2.22. The fraction of sp³-hybridized carbons (Fsp3) is 0.556. The Morgan fingerprint density at radius 1 is 1.17 bits per heavy atom. The van der Waals surface area contributed by atoms with Crippen molar-refractivity contribution in [2.45, 2.75) is 45.1 Å². The molecule has 0 saturated heterocycles. The molecule has 1 atom stereocenters. The maximum Gasteiger partial charge on any atom is 0.337 e. The zero-order chi connectivity index (χ0) is 16.7. The van der Waals surface area contributed by atoms with Gasteiger partial charge in [-0.05, 0) is 49.9 Å². The van der Waals surface area contributed by atoms with Crippen molar-refractivity contribution < 1.29 is 19.1 Å². The van der Waals surface area contributed by atoms with Crippen LogP contribution in [0.15, 0.2) is 24.3 Å². The smallest absolute Gasteiger partial charge is 0.337 e. The van der Waals surface area contributed by atoms with Gasteiger partial charge in [0.2, 0.25) is 0 Å². The van der Waals surface area contributed by atoms with Crippen LogP contribution in [0.5, 0.6) is 5.75 Å². The first kappa shape index (κ1) is 17.3. The fourth-order valence-electron chi connectivity index (χ4n) is 2.83. The molecule has 0 unspecified atom stereocenters. The molecule has 1 aliphatic carbocycles. The molecule has 5 nitrogen and oxygen atoms in total. The summed E-state index contributed by atoms with van der Waals surface area (Å²) >= 11 is 0. The Kier molecular flexibility index (Phi) is 6.44. The Balaban J connectivity index is 1.79. The number of carbonyl (C=O) groups excluding carboxylic acids is 2. The summed E-state index contributed by atoms with van der Waals surface area (Å²) in [6.07, 6.45) is 5.67. The van der Waals surface area contributed by atoms with Gasteiger partial charge in [0.15, 0.2) is 6.10 Å². The fourth-order valence-corrected chi connectivity index (χ4v) is 2.83. The van der Waals surface area contributed by atoms with Gasteiger partial charge in [-0.15, -0.1) is 0 Å². The Hall–Kier alpha value is -2.04. The van der Waals surface area contributed by atoms with Gasteiger partial charge in [0.25, 0.3) is 5.91 Å². The third-order valence-electron chi connectivity index (χ3n) is 4.25. The van der Waals surface area contributed by atoms with Gasteiger partial charge in [-0.2, -0.15) is 0 Å². The van der Waals surface area contributed by atoms with Crippen molar-refractivity contribution in [1.29, 1.82) is 0 Å². The van der Waals surface area contributed by atoms with Gasteiger partial charge in [0.05, 0.1) is 12.7 Å². The van der Waals surface area contributed by atoms with E-state index in [4.69, 9.17) is 4.74 Å². The van der Waals surface area contributed by atoms with Crippen molar-refractivity contribution >= 4 is 11.9 Å². The topological polar surface area (TPSA) is 64.6 Å². The summed E-state index contributed by atoms with van der Waals surface area (Å²) in [5.41, 5.74) is 0.453. The SMILES string of the molecule is COC(=O)c1ccc(O[C@H](C)C(=O)NCC2CCCCC2)cc1. The first-order chi connectivity index (χ1) is 11.1. The lowest BCUT2D eigenvalue weighted by molar-refractivity contribution is -0.127. The van der Waals surface area contributed by atoms with Gasteiger partial charge >= 0.3 is 5.97 Å². The summed E-state index contributed by atoms with van der Waals surface area (Å²) in [5, 5.41) is 2.97. The van der Waals surface area contributed by atoms with E-state index in [2.05, 4.69) is 10.1 Å². The van der Waals surface area contributed by atoms with Gasteiger partial charge in [0, 0.05) is 6.54 Å². The lowest BCUT2D eigenvalue weighted by Gasteiger charge is -2.23. The van der Waals surface area contributed by atoms with Crippen LogP contribution < -0.4 is 10.1 Å². The van der Waals surface area contributed by atoms with Crippen LogP contribution in [0.2, 0.25) is 0 Å². The first-order valence-corrected chi connectivity index (χ1v) is 8.23. The predicted molar refractivity (Wildman–Crippen MR) is 87.5 cm³/mol. The summed E-state index contributed by atoms with van der Waals surface area (Å²) in [5.74, 6) is 0.652. The molecule has 1 aromatic rings. The van der Waals surface area contributed by atoms with Crippen LogP contribution in [0.1, 0.15) is 49.4 Å². The number of rotatable bonds is 6. The number of benzene rings is 1. The predicted octanol–water partition coefficient (Wildman–Crippen LogP) is 2.94. The maximum atomic E-state index is 12.1. The zero-order valence-electron chi connectivity index (χ0n) is 13.8. The minimum absolute atomic E-state index is 0.104. The minimum atomic E-state index is -0.567. The molecule has 1 aliphatic rings. The first-order valence-electron chi connectivity index (χ1n) is 8.23. The van der Waals surface area contributed by atoms with Crippen LogP contribution in [0, 0.1) is 5.92 Å². The standard InChI is InChI=1S/C18H25NO4/c1-13(17(20)19-12-14-6-4-3-5-7-14)23-16-10-8-15(9-11-16)18(21)22-2/h8-11,13-14H,3-7,12H2,1-2H3,(H,19,20)/t13-/m1/s1. The number of nitrogens with one attached hydrogen (secondary N) is 1. The molecule has 2 rings (SSSR count). The summed E-state index contributed by atoms with van der Waals surface area (Å²) in [7, 11) is 1.34. The average molecular weight is 319 g/mol. The van der Waals surface area contributed by atoms with E-state index in [1.165, 1.54) is 39.2 Å². The molecule has 0 bridgehead atoms. The van der Waals surface area contributed by atoms with Crippen molar-refractivity contribution in [2.24, 2.45) is 5.92 Å². The number of carbonyl (C=O) groups is 2. The van der Waals surface area contributed by atoms with Crippen molar-refractivity contribution in [2.75, 3.05) is 13.7 Å². The van der Waals surface area contributed by atoms with Crippen LogP contribution in [-0.2, 0) is 9.53 Å². The van der Waals surface area contributed by atoms with E-state index in [0.717, 1.165) is 6.54 Å². The van der Waals surface area contributed by atoms with E-state index in [-0.39, 0.29) is 5.91 Å². The lowest BCUT2D eigenvalue weighted by atomic mass is 9.89. The Bertz CT molecular complexity index is 520. The van der Waals surface area contributed by atoms with Gasteiger partial charge < -0.3 is 14.8 Å². The van der Waals surface area contributed by atoms with Gasteiger partial charge in [-0.3, -0.25) is 4.79 Å². The quantitative estimate of drug-likeness (QED) is 0.819. The molecule has 1 saturated carbocycles. The van der Waals surface area contributed by atoms with E-state index in [0.29, 0.717) is 17.2 Å². The molecular formula is C18H25NO4. The van der Waals surface area contributed by atoms with E-state index < -0.39 is 12.1 Å². The number of hydrogen-bond donors (Lipinski definition) is 1. The number of ether oxygens (including phenoxy) is 2. The highest BCUT2D eigenvalue weighted by Gasteiger charge is 2.18. The minimum Gasteiger partial charge on any atom is -0.481 e. The zero-order valence-corrected chi connectivity index (χ0v) is 13.8. The summed E-state index contributed by atoms with van der Waals surface area (Å²) in [6.45, 7) is 2.46. The third kappa shape index (κ3) is 5.27. The second-order valence-electron chi connectivity index (χ2n) is 6.03. The molecule has 0 heterocycles. The van der Waals surface area contributed by atoms with Crippen LogP contribution in [0.3, 0.4) is 0 Å². The molecule has 23 heavy (non-hydrogen) atoms. The Morgan fingerprint density at radius 2 is 1.83 bits per heavy atom. The van der Waals surface area contributed by atoms with E-state index in [9.17, 15) is 9.59 Å². The van der Waals surface area contributed by atoms with Gasteiger partial charge in [0.1, 0.15) is 5.75 Å². The number of esters is 1. The van der Waals surface area contributed by atoms with Crippen LogP contribution >= 0.6 is 0 Å². The van der Waals surface area contributed by atoms with Crippen LogP contribution in [0.25, 0.3) is 0 Å². The van der Waals surface area contributed by atoms with Crippen molar-refractivity contribution in [1.82, 2.24) is 5.32 Å². The molecule has 1 fully saturated rings. The molecule has 1 aromatic carbocycles. The normalized spacial score (nSPS) is 16.4. The maximum absolute atomic E-state index is 12.1. The molecule has 0 spiro atoms. The van der Waals surface area contributed by atoms with Gasteiger partial charge in [-0.25, -0.2) is 4.79 Å². The van der Waals surface area contributed by atoms with Crippen LogP contribution in [-0.4, -0.2) is 31.6 Å². The van der Waals surface area contributed by atoms with Crippen LogP contribution in [0.4, 0.5) is 0 Å². The second kappa shape index (κ2) is 8.56. The molecule has 5 heteroatoms. The number of amides is 1. The van der Waals surface area contributed by atoms with Gasteiger partial charge in [-0.1, -0.05) is 19.3 Å². The molecule has 126 valence electrons.